The Labute approximate surface area is 129 Å². The largest absolute Gasteiger partial charge is 0.365 e. The lowest BCUT2D eigenvalue weighted by Gasteiger charge is -2.11. The molecule has 6 heteroatoms. The fraction of sp³-hybridized carbons (Fsp3) is 0.600. The molecular formula is C15H23N3O2S. The summed E-state index contributed by atoms with van der Waals surface area (Å²) in [7, 11) is 0. The molecule has 0 aromatic carbocycles. The molecule has 0 radical (unpaired) electrons. The van der Waals surface area contributed by atoms with Crippen molar-refractivity contribution in [3.8, 4) is 0 Å². The molecule has 2 amide bonds. The Morgan fingerprint density at radius 2 is 2.05 bits per heavy atom. The number of aryl methyl sites for hydroxylation is 1. The number of fused-ring (bicyclic) bond motifs is 1. The molecule has 0 spiro atoms. The third kappa shape index (κ3) is 4.04. The molecule has 5 nitrogen and oxygen atoms in total. The molecule has 0 aliphatic heterocycles. The maximum absolute atomic E-state index is 11.9. The summed E-state index contributed by atoms with van der Waals surface area (Å²) in [5.41, 5.74) is 7.07. The molecule has 1 aliphatic rings. The van der Waals surface area contributed by atoms with Crippen LogP contribution < -0.4 is 16.4 Å². The Morgan fingerprint density at radius 3 is 2.76 bits per heavy atom. The monoisotopic (exact) mass is 309 g/mol. The third-order valence-corrected chi connectivity index (χ3v) is 4.87. The maximum atomic E-state index is 11.9. The van der Waals surface area contributed by atoms with Crippen LogP contribution in [0, 0.1) is 0 Å². The highest BCUT2D eigenvalue weighted by atomic mass is 32.1. The van der Waals surface area contributed by atoms with Crippen LogP contribution in [-0.4, -0.2) is 24.9 Å². The number of nitrogens with two attached hydrogens (primary N) is 1. The number of anilines is 1. The van der Waals surface area contributed by atoms with Crippen molar-refractivity contribution in [2.75, 3.05) is 18.4 Å². The first-order chi connectivity index (χ1) is 10.1. The van der Waals surface area contributed by atoms with E-state index in [1.807, 2.05) is 0 Å². The highest BCUT2D eigenvalue weighted by Crippen LogP contribution is 2.37. The zero-order valence-corrected chi connectivity index (χ0v) is 13.3. The number of rotatable bonds is 7. The van der Waals surface area contributed by atoms with Crippen molar-refractivity contribution in [1.82, 2.24) is 5.32 Å². The lowest BCUT2D eigenvalue weighted by Crippen LogP contribution is -2.29. The first kappa shape index (κ1) is 16.0. The second kappa shape index (κ2) is 7.56. The first-order valence-electron chi connectivity index (χ1n) is 7.58. The highest BCUT2D eigenvalue weighted by molar-refractivity contribution is 7.17. The molecule has 2 rings (SSSR count). The number of amides is 2. The van der Waals surface area contributed by atoms with Gasteiger partial charge in [-0.2, -0.15) is 0 Å². The Morgan fingerprint density at radius 1 is 1.29 bits per heavy atom. The van der Waals surface area contributed by atoms with E-state index in [0.717, 1.165) is 50.6 Å². The van der Waals surface area contributed by atoms with Gasteiger partial charge in [-0.05, 0) is 44.2 Å². The molecule has 0 saturated carbocycles. The van der Waals surface area contributed by atoms with Crippen molar-refractivity contribution in [2.24, 2.45) is 5.73 Å². The van der Waals surface area contributed by atoms with Crippen LogP contribution in [0.3, 0.4) is 0 Å². The lowest BCUT2D eigenvalue weighted by molar-refractivity contribution is -0.115. The van der Waals surface area contributed by atoms with Gasteiger partial charge in [0.15, 0.2) is 0 Å². The SMILES string of the molecule is CCCCNCC(=O)Nc1sc2c(c1C(N)=O)CCCC2. The molecule has 0 atom stereocenters. The van der Waals surface area contributed by atoms with Gasteiger partial charge in [-0.15, -0.1) is 11.3 Å². The van der Waals surface area contributed by atoms with E-state index in [2.05, 4.69) is 17.6 Å². The van der Waals surface area contributed by atoms with Crippen LogP contribution in [-0.2, 0) is 17.6 Å². The van der Waals surface area contributed by atoms with Crippen LogP contribution in [0.25, 0.3) is 0 Å². The number of primary amides is 1. The van der Waals surface area contributed by atoms with E-state index in [1.165, 1.54) is 16.2 Å². The summed E-state index contributed by atoms with van der Waals surface area (Å²) in [6.45, 7) is 3.20. The number of hydrogen-bond acceptors (Lipinski definition) is 4. The summed E-state index contributed by atoms with van der Waals surface area (Å²) in [6.07, 6.45) is 6.22. The van der Waals surface area contributed by atoms with Crippen LogP contribution in [0.15, 0.2) is 0 Å². The summed E-state index contributed by atoms with van der Waals surface area (Å²) in [5.74, 6) is -0.559. The molecular weight excluding hydrogens is 286 g/mol. The van der Waals surface area contributed by atoms with Crippen molar-refractivity contribution < 1.29 is 9.59 Å². The smallest absolute Gasteiger partial charge is 0.251 e. The van der Waals surface area contributed by atoms with E-state index < -0.39 is 5.91 Å². The van der Waals surface area contributed by atoms with Crippen molar-refractivity contribution >= 4 is 28.2 Å². The van der Waals surface area contributed by atoms with Gasteiger partial charge >= 0.3 is 0 Å². The van der Waals surface area contributed by atoms with Crippen LogP contribution in [0.1, 0.15) is 53.4 Å². The Balaban J connectivity index is 2.04. The molecule has 1 heterocycles. The number of nitrogens with one attached hydrogen (secondary N) is 2. The predicted molar refractivity (Wildman–Crippen MR) is 85.9 cm³/mol. The van der Waals surface area contributed by atoms with E-state index in [9.17, 15) is 9.59 Å². The van der Waals surface area contributed by atoms with Gasteiger partial charge in [-0.3, -0.25) is 9.59 Å². The number of thiophene rings is 1. The van der Waals surface area contributed by atoms with Gasteiger partial charge < -0.3 is 16.4 Å². The minimum absolute atomic E-state index is 0.118. The second-order valence-corrected chi connectivity index (χ2v) is 6.46. The zero-order chi connectivity index (χ0) is 15.2. The zero-order valence-electron chi connectivity index (χ0n) is 12.5. The Hall–Kier alpha value is -1.40. The van der Waals surface area contributed by atoms with Gasteiger partial charge in [0.25, 0.3) is 5.91 Å². The van der Waals surface area contributed by atoms with E-state index >= 15 is 0 Å². The van der Waals surface area contributed by atoms with E-state index in [0.29, 0.717) is 10.6 Å². The quantitative estimate of drug-likeness (QED) is 0.674. The molecule has 0 saturated heterocycles. The molecule has 21 heavy (non-hydrogen) atoms. The van der Waals surface area contributed by atoms with Gasteiger partial charge in [-0.1, -0.05) is 13.3 Å². The molecule has 1 aromatic rings. The third-order valence-electron chi connectivity index (χ3n) is 3.66. The molecule has 0 unspecified atom stereocenters. The Bertz CT molecular complexity index is 525. The van der Waals surface area contributed by atoms with Crippen LogP contribution in [0.4, 0.5) is 5.00 Å². The maximum Gasteiger partial charge on any atom is 0.251 e. The lowest BCUT2D eigenvalue weighted by atomic mass is 9.95. The fourth-order valence-corrected chi connectivity index (χ4v) is 3.90. The standard InChI is InChI=1S/C15H23N3O2S/c1-2-3-8-17-9-12(19)18-15-13(14(16)20)10-6-4-5-7-11(10)21-15/h17H,2-9H2,1H3,(H2,16,20)(H,18,19). The summed E-state index contributed by atoms with van der Waals surface area (Å²) in [6, 6.07) is 0. The van der Waals surface area contributed by atoms with Gasteiger partial charge in [0.1, 0.15) is 5.00 Å². The molecule has 116 valence electrons. The predicted octanol–water partition coefficient (Wildman–Crippen LogP) is 2.05. The van der Waals surface area contributed by atoms with E-state index in [1.54, 1.807) is 0 Å². The molecule has 0 bridgehead atoms. The Kier molecular flexibility index (Phi) is 5.76. The van der Waals surface area contributed by atoms with Crippen molar-refractivity contribution in [3.05, 3.63) is 16.0 Å². The molecule has 1 aromatic heterocycles. The van der Waals surface area contributed by atoms with Gasteiger partial charge in [-0.25, -0.2) is 0 Å². The number of carbonyl (C=O) groups is 2. The van der Waals surface area contributed by atoms with Gasteiger partial charge in [0.05, 0.1) is 12.1 Å². The minimum Gasteiger partial charge on any atom is -0.365 e. The summed E-state index contributed by atoms with van der Waals surface area (Å²) in [5, 5.41) is 6.56. The summed E-state index contributed by atoms with van der Waals surface area (Å²) < 4.78 is 0. The fourth-order valence-electron chi connectivity index (χ4n) is 2.59. The van der Waals surface area contributed by atoms with Crippen molar-refractivity contribution in [2.45, 2.75) is 45.4 Å². The number of carbonyl (C=O) groups excluding carboxylic acids is 2. The van der Waals surface area contributed by atoms with Crippen LogP contribution in [0.2, 0.25) is 0 Å². The molecule has 1 aliphatic carbocycles. The minimum atomic E-state index is -0.441. The van der Waals surface area contributed by atoms with Crippen LogP contribution in [0.5, 0.6) is 0 Å². The van der Waals surface area contributed by atoms with Crippen molar-refractivity contribution in [1.29, 1.82) is 0 Å². The van der Waals surface area contributed by atoms with E-state index in [4.69, 9.17) is 5.73 Å². The summed E-state index contributed by atoms with van der Waals surface area (Å²) in [4.78, 5) is 24.8. The highest BCUT2D eigenvalue weighted by Gasteiger charge is 2.24. The van der Waals surface area contributed by atoms with Gasteiger partial charge in [0, 0.05) is 4.88 Å². The molecule has 4 N–H and O–H groups in total. The number of hydrogen-bond donors (Lipinski definition) is 3. The first-order valence-corrected chi connectivity index (χ1v) is 8.40. The van der Waals surface area contributed by atoms with E-state index in [-0.39, 0.29) is 12.5 Å². The van der Waals surface area contributed by atoms with Crippen LogP contribution >= 0.6 is 11.3 Å². The topological polar surface area (TPSA) is 84.2 Å². The second-order valence-electron chi connectivity index (χ2n) is 5.36. The average Bonchev–Trinajstić information content (AvgIpc) is 2.81. The molecule has 0 fully saturated rings. The normalized spacial score (nSPS) is 13.8. The number of unbranched alkanes of at least 4 members (excludes halogenated alkanes) is 1. The average molecular weight is 309 g/mol. The summed E-state index contributed by atoms with van der Waals surface area (Å²) >= 11 is 1.50. The van der Waals surface area contributed by atoms with Gasteiger partial charge in [0.2, 0.25) is 5.91 Å². The van der Waals surface area contributed by atoms with Crippen molar-refractivity contribution in [3.63, 3.8) is 0 Å².